The number of aldehydes is 1. The number of carbonyl (C=O) groups is 1. The zero-order valence-electron chi connectivity index (χ0n) is 11.4. The summed E-state index contributed by atoms with van der Waals surface area (Å²) in [5.74, 6) is 0. The van der Waals surface area contributed by atoms with E-state index >= 15 is 0 Å². The van der Waals surface area contributed by atoms with Crippen LogP contribution in [-0.2, 0) is 4.79 Å². The molecule has 0 bridgehead atoms. The van der Waals surface area contributed by atoms with Crippen LogP contribution in [0.4, 0.5) is 0 Å². The summed E-state index contributed by atoms with van der Waals surface area (Å²) < 4.78 is 0. The van der Waals surface area contributed by atoms with Crippen molar-refractivity contribution < 1.29 is 4.79 Å². The van der Waals surface area contributed by atoms with Crippen LogP contribution in [0.2, 0.25) is 0 Å². The summed E-state index contributed by atoms with van der Waals surface area (Å²) in [5.41, 5.74) is 0. The number of hydrogen-bond donors (Lipinski definition) is 0. The maximum atomic E-state index is 10.1. The van der Waals surface area contributed by atoms with Gasteiger partial charge in [-0.15, -0.1) is 0 Å². The summed E-state index contributed by atoms with van der Waals surface area (Å²) in [4.78, 5) is 10.1. The summed E-state index contributed by atoms with van der Waals surface area (Å²) in [7, 11) is 0. The van der Waals surface area contributed by atoms with Gasteiger partial charge in [0, 0.05) is 6.42 Å². The van der Waals surface area contributed by atoms with Crippen LogP contribution in [0.25, 0.3) is 0 Å². The molecule has 1 nitrogen and oxygen atoms in total. The lowest BCUT2D eigenvalue weighted by molar-refractivity contribution is -0.107. The van der Waals surface area contributed by atoms with Crippen molar-refractivity contribution >= 4 is 6.29 Å². The van der Waals surface area contributed by atoms with Gasteiger partial charge in [0.2, 0.25) is 0 Å². The van der Waals surface area contributed by atoms with Gasteiger partial charge in [-0.1, -0.05) is 44.1 Å². The highest BCUT2D eigenvalue weighted by Gasteiger charge is 1.84. The topological polar surface area (TPSA) is 17.1 Å². The van der Waals surface area contributed by atoms with Gasteiger partial charge < -0.3 is 4.79 Å². The molecule has 0 atom stereocenters. The van der Waals surface area contributed by atoms with Gasteiger partial charge >= 0.3 is 0 Å². The number of hydrogen-bond acceptors (Lipinski definition) is 1. The van der Waals surface area contributed by atoms with Crippen LogP contribution in [0.3, 0.4) is 0 Å². The summed E-state index contributed by atoms with van der Waals surface area (Å²) in [6, 6.07) is 0. The van der Waals surface area contributed by atoms with Crippen LogP contribution >= 0.6 is 0 Å². The zero-order chi connectivity index (χ0) is 12.6. The Morgan fingerprint density at radius 3 is 1.65 bits per heavy atom. The Labute approximate surface area is 107 Å². The quantitative estimate of drug-likeness (QED) is 0.258. The number of rotatable bonds is 12. The normalized spacial score (nSPS) is 11.6. The third-order valence-electron chi connectivity index (χ3n) is 2.75. The summed E-state index contributed by atoms with van der Waals surface area (Å²) in [6.07, 6.45) is 21.7. The standard InChI is InChI=1S/C16H28O/c1-2-3-4-5-6-7-8-9-10-11-12-13-14-15-16-17/h6-7,10-11,16H,2-5,8-9,12-15H2,1H3/b7-6-,11-10+. The average molecular weight is 236 g/mol. The van der Waals surface area contributed by atoms with E-state index in [0.717, 1.165) is 38.4 Å². The predicted molar refractivity (Wildman–Crippen MR) is 76.2 cm³/mol. The molecule has 0 N–H and O–H groups in total. The van der Waals surface area contributed by atoms with E-state index in [1.54, 1.807) is 0 Å². The van der Waals surface area contributed by atoms with Crippen molar-refractivity contribution in [3.05, 3.63) is 24.3 Å². The van der Waals surface area contributed by atoms with Gasteiger partial charge in [-0.05, 0) is 44.9 Å². The highest BCUT2D eigenvalue weighted by molar-refractivity contribution is 5.48. The smallest absolute Gasteiger partial charge is 0.119 e. The van der Waals surface area contributed by atoms with E-state index in [1.807, 2.05) is 0 Å². The Morgan fingerprint density at radius 2 is 1.12 bits per heavy atom. The highest BCUT2D eigenvalue weighted by Crippen LogP contribution is 2.03. The highest BCUT2D eigenvalue weighted by atomic mass is 16.1. The van der Waals surface area contributed by atoms with Gasteiger partial charge in [0.25, 0.3) is 0 Å². The molecule has 0 aromatic carbocycles. The van der Waals surface area contributed by atoms with E-state index in [2.05, 4.69) is 31.2 Å². The Kier molecular flexibility index (Phi) is 14.4. The first-order chi connectivity index (χ1) is 8.41. The summed E-state index contributed by atoms with van der Waals surface area (Å²) in [5, 5.41) is 0. The fourth-order valence-electron chi connectivity index (χ4n) is 1.67. The molecule has 0 amide bonds. The monoisotopic (exact) mass is 236 g/mol. The lowest BCUT2D eigenvalue weighted by atomic mass is 10.1. The molecule has 0 saturated carbocycles. The van der Waals surface area contributed by atoms with Gasteiger partial charge in [0.1, 0.15) is 6.29 Å². The predicted octanol–water partition coefficient (Wildman–Crippen LogP) is 5.22. The molecular formula is C16H28O. The minimum Gasteiger partial charge on any atom is -0.303 e. The van der Waals surface area contributed by atoms with E-state index in [9.17, 15) is 4.79 Å². The molecule has 0 fully saturated rings. The van der Waals surface area contributed by atoms with Crippen LogP contribution in [0.5, 0.6) is 0 Å². The molecule has 0 aromatic rings. The van der Waals surface area contributed by atoms with Crippen molar-refractivity contribution in [2.24, 2.45) is 0 Å². The fourth-order valence-corrected chi connectivity index (χ4v) is 1.67. The van der Waals surface area contributed by atoms with Crippen LogP contribution < -0.4 is 0 Å². The van der Waals surface area contributed by atoms with Crippen molar-refractivity contribution in [2.75, 3.05) is 0 Å². The lowest BCUT2D eigenvalue weighted by Gasteiger charge is -1.92. The molecule has 0 aliphatic rings. The molecule has 0 radical (unpaired) electrons. The van der Waals surface area contributed by atoms with Crippen LogP contribution in [0.1, 0.15) is 71.1 Å². The molecule has 0 aromatic heterocycles. The molecule has 0 aliphatic carbocycles. The van der Waals surface area contributed by atoms with Crippen molar-refractivity contribution in [3.63, 3.8) is 0 Å². The third-order valence-corrected chi connectivity index (χ3v) is 2.75. The molecule has 0 rings (SSSR count). The first-order valence-corrected chi connectivity index (χ1v) is 7.15. The first-order valence-electron chi connectivity index (χ1n) is 7.15. The van der Waals surface area contributed by atoms with Gasteiger partial charge in [0.15, 0.2) is 0 Å². The molecular weight excluding hydrogens is 208 g/mol. The lowest BCUT2D eigenvalue weighted by Crippen LogP contribution is -1.76. The number of carbonyl (C=O) groups excluding carboxylic acids is 1. The van der Waals surface area contributed by atoms with Crippen molar-refractivity contribution in [1.82, 2.24) is 0 Å². The van der Waals surface area contributed by atoms with Gasteiger partial charge in [-0.25, -0.2) is 0 Å². The molecule has 0 heterocycles. The first kappa shape index (κ1) is 16.1. The van der Waals surface area contributed by atoms with E-state index in [4.69, 9.17) is 0 Å². The van der Waals surface area contributed by atoms with Crippen LogP contribution in [0.15, 0.2) is 24.3 Å². The second-order valence-corrected chi connectivity index (χ2v) is 4.47. The largest absolute Gasteiger partial charge is 0.303 e. The van der Waals surface area contributed by atoms with Crippen LogP contribution in [0, 0.1) is 0 Å². The van der Waals surface area contributed by atoms with Gasteiger partial charge in [0.05, 0.1) is 0 Å². The molecule has 1 heteroatoms. The molecule has 17 heavy (non-hydrogen) atoms. The number of allylic oxidation sites excluding steroid dienone is 4. The zero-order valence-corrected chi connectivity index (χ0v) is 11.4. The molecule has 0 aliphatic heterocycles. The second kappa shape index (κ2) is 15.1. The SMILES string of the molecule is CCCCC/C=C\CC/C=C/CCCCC=O. The van der Waals surface area contributed by atoms with Gasteiger partial charge in [-0.3, -0.25) is 0 Å². The van der Waals surface area contributed by atoms with Gasteiger partial charge in [-0.2, -0.15) is 0 Å². The van der Waals surface area contributed by atoms with Crippen molar-refractivity contribution in [2.45, 2.75) is 71.1 Å². The minimum absolute atomic E-state index is 0.717. The Balaban J connectivity index is 3.15. The van der Waals surface area contributed by atoms with E-state index in [1.165, 1.54) is 25.7 Å². The molecule has 0 spiro atoms. The fraction of sp³-hybridized carbons (Fsp3) is 0.688. The molecule has 0 unspecified atom stereocenters. The maximum absolute atomic E-state index is 10.1. The third kappa shape index (κ3) is 15.1. The number of unbranched alkanes of at least 4 members (excludes halogenated alkanes) is 7. The maximum Gasteiger partial charge on any atom is 0.119 e. The van der Waals surface area contributed by atoms with Crippen molar-refractivity contribution in [1.29, 1.82) is 0 Å². The minimum atomic E-state index is 0.717. The Bertz CT molecular complexity index is 204. The Morgan fingerprint density at radius 1 is 0.647 bits per heavy atom. The second-order valence-electron chi connectivity index (χ2n) is 4.47. The molecule has 0 saturated heterocycles. The van der Waals surface area contributed by atoms with E-state index in [-0.39, 0.29) is 0 Å². The van der Waals surface area contributed by atoms with E-state index in [0.29, 0.717) is 6.42 Å². The summed E-state index contributed by atoms with van der Waals surface area (Å²) in [6.45, 7) is 2.24. The average Bonchev–Trinajstić information content (AvgIpc) is 2.35. The van der Waals surface area contributed by atoms with Crippen molar-refractivity contribution in [3.8, 4) is 0 Å². The van der Waals surface area contributed by atoms with Crippen LogP contribution in [-0.4, -0.2) is 6.29 Å². The molecule has 98 valence electrons. The summed E-state index contributed by atoms with van der Waals surface area (Å²) >= 11 is 0. The Hall–Kier alpha value is -0.850. The van der Waals surface area contributed by atoms with E-state index < -0.39 is 0 Å².